The van der Waals surface area contributed by atoms with Crippen LogP contribution in [0.2, 0.25) is 5.02 Å². The van der Waals surface area contributed by atoms with Crippen molar-refractivity contribution in [2.45, 2.75) is 13.1 Å². The minimum absolute atomic E-state index is 0.00926. The van der Waals surface area contributed by atoms with Crippen LogP contribution < -0.4 is 15.6 Å². The number of aromatic nitrogens is 1. The molecule has 0 spiro atoms. The minimum atomic E-state index is -0.919. The zero-order valence-corrected chi connectivity index (χ0v) is 14.3. The van der Waals surface area contributed by atoms with E-state index in [2.05, 4.69) is 5.32 Å². The second-order valence-corrected chi connectivity index (χ2v) is 5.69. The van der Waals surface area contributed by atoms with Gasteiger partial charge >= 0.3 is 0 Å². The first-order chi connectivity index (χ1) is 12.0. The molecule has 0 aliphatic heterocycles. The molecule has 1 heterocycles. The molecule has 1 aromatic carbocycles. The van der Waals surface area contributed by atoms with Gasteiger partial charge in [0, 0.05) is 13.6 Å². The Kier molecular flexibility index (Phi) is 6.41. The second-order valence-electron chi connectivity index (χ2n) is 5.28. The highest BCUT2D eigenvalue weighted by molar-refractivity contribution is 6.32. The van der Waals surface area contributed by atoms with Crippen molar-refractivity contribution in [2.24, 2.45) is 7.05 Å². The van der Waals surface area contributed by atoms with E-state index in [0.29, 0.717) is 23.8 Å². The molecule has 0 saturated heterocycles. The molecule has 2 aromatic rings. The average Bonchev–Trinajstić information content (AvgIpc) is 2.61. The Morgan fingerprint density at radius 2 is 2.12 bits per heavy atom. The van der Waals surface area contributed by atoms with Crippen molar-refractivity contribution < 1.29 is 19.0 Å². The molecule has 2 rings (SSSR count). The maximum atomic E-state index is 12.9. The number of hydrogen-bond acceptors (Lipinski definition) is 4. The summed E-state index contributed by atoms with van der Waals surface area (Å²) in [5.74, 6) is -0.806. The number of ether oxygens (including phenoxy) is 1. The normalized spacial score (nSPS) is 10.5. The van der Waals surface area contributed by atoms with Crippen molar-refractivity contribution in [3.63, 3.8) is 0 Å². The minimum Gasteiger partial charge on any atom is -0.502 e. The van der Waals surface area contributed by atoms with Gasteiger partial charge in [0.1, 0.15) is 12.4 Å². The van der Waals surface area contributed by atoms with E-state index < -0.39 is 23.9 Å². The number of rotatable bonds is 7. The summed E-state index contributed by atoms with van der Waals surface area (Å²) in [5, 5.41) is 12.8. The smallest absolute Gasteiger partial charge is 0.293 e. The molecule has 0 atom stereocenters. The summed E-state index contributed by atoms with van der Waals surface area (Å²) in [4.78, 5) is 23.9. The number of pyridine rings is 1. The van der Waals surface area contributed by atoms with Gasteiger partial charge in [-0.05, 0) is 24.6 Å². The van der Waals surface area contributed by atoms with Gasteiger partial charge in [0.05, 0.1) is 22.9 Å². The first kappa shape index (κ1) is 18.8. The predicted octanol–water partition coefficient (Wildman–Crippen LogP) is 2.41. The Labute approximate surface area is 148 Å². The Hall–Kier alpha value is -2.54. The van der Waals surface area contributed by atoms with Crippen molar-refractivity contribution in [3.05, 3.63) is 57.0 Å². The topological polar surface area (TPSA) is 80.6 Å². The summed E-state index contributed by atoms with van der Waals surface area (Å²) in [5.41, 5.74) is -1.06. The van der Waals surface area contributed by atoms with Crippen LogP contribution in [0.3, 0.4) is 0 Å². The van der Waals surface area contributed by atoms with E-state index >= 15 is 0 Å². The van der Waals surface area contributed by atoms with Gasteiger partial charge in [-0.3, -0.25) is 9.59 Å². The number of nitrogens with zero attached hydrogens (tertiary/aromatic N) is 1. The van der Waals surface area contributed by atoms with E-state index in [9.17, 15) is 19.1 Å². The molecule has 0 unspecified atom stereocenters. The molecule has 25 heavy (non-hydrogen) atoms. The number of hydrogen-bond donors (Lipinski definition) is 2. The monoisotopic (exact) mass is 368 g/mol. The summed E-state index contributed by atoms with van der Waals surface area (Å²) in [6.45, 7) is -0.344. The summed E-state index contributed by atoms with van der Waals surface area (Å²) >= 11 is 5.96. The van der Waals surface area contributed by atoms with E-state index in [1.165, 1.54) is 7.05 Å². The Bertz CT molecular complexity index is 823. The summed E-state index contributed by atoms with van der Waals surface area (Å²) in [6, 6.07) is 8.19. The van der Waals surface area contributed by atoms with E-state index in [-0.39, 0.29) is 17.8 Å². The average molecular weight is 369 g/mol. The first-order valence-corrected chi connectivity index (χ1v) is 7.97. The molecule has 6 nitrogen and oxygen atoms in total. The fourth-order valence-electron chi connectivity index (χ4n) is 2.15. The zero-order valence-electron chi connectivity index (χ0n) is 13.6. The van der Waals surface area contributed by atoms with Crippen LogP contribution in [0, 0.1) is 0 Å². The number of benzene rings is 1. The number of halogens is 2. The molecule has 1 aromatic heterocycles. The number of carbonyl (C=O) groups is 1. The molecule has 0 aliphatic carbocycles. The lowest BCUT2D eigenvalue weighted by Gasteiger charge is -2.11. The first-order valence-electron chi connectivity index (χ1n) is 7.59. The number of carbonyl (C=O) groups excluding carboxylic acids is 1. The van der Waals surface area contributed by atoms with Crippen LogP contribution in [0.15, 0.2) is 35.1 Å². The van der Waals surface area contributed by atoms with Gasteiger partial charge in [-0.15, -0.1) is 0 Å². The summed E-state index contributed by atoms with van der Waals surface area (Å²) < 4.78 is 19.3. The highest BCUT2D eigenvalue weighted by Gasteiger charge is 2.17. The second kappa shape index (κ2) is 8.53. The molecule has 0 radical (unpaired) electrons. The fourth-order valence-corrected chi connectivity index (χ4v) is 2.34. The van der Waals surface area contributed by atoms with Gasteiger partial charge in [0.2, 0.25) is 0 Å². The number of alkyl halides is 1. The quantitative estimate of drug-likeness (QED) is 0.735. The molecule has 8 heteroatoms. The number of para-hydroxylation sites is 1. The number of nitrogens with one attached hydrogen (secondary N) is 1. The molecule has 0 bridgehead atoms. The van der Waals surface area contributed by atoms with Crippen molar-refractivity contribution in [1.29, 1.82) is 0 Å². The Balaban J connectivity index is 1.90. The third kappa shape index (κ3) is 4.51. The third-order valence-electron chi connectivity index (χ3n) is 3.59. The van der Waals surface area contributed by atoms with Gasteiger partial charge in [-0.2, -0.15) is 0 Å². The van der Waals surface area contributed by atoms with Crippen molar-refractivity contribution in [2.75, 3.05) is 13.2 Å². The van der Waals surface area contributed by atoms with E-state index in [0.717, 1.165) is 10.6 Å². The largest absolute Gasteiger partial charge is 0.502 e. The molecular weight excluding hydrogens is 351 g/mol. The fraction of sp³-hybridized carbons (Fsp3) is 0.294. The molecule has 2 N–H and O–H groups in total. The van der Waals surface area contributed by atoms with Crippen molar-refractivity contribution in [3.8, 4) is 11.5 Å². The van der Waals surface area contributed by atoms with Crippen LogP contribution in [0.4, 0.5) is 4.39 Å². The van der Waals surface area contributed by atoms with Gasteiger partial charge in [-0.25, -0.2) is 4.39 Å². The third-order valence-corrected chi connectivity index (χ3v) is 3.90. The molecule has 0 fully saturated rings. The van der Waals surface area contributed by atoms with Gasteiger partial charge in [0.25, 0.3) is 11.5 Å². The summed E-state index contributed by atoms with van der Waals surface area (Å²) in [6.07, 6.45) is 0.485. The van der Waals surface area contributed by atoms with E-state index in [4.69, 9.17) is 16.3 Å². The predicted molar refractivity (Wildman–Crippen MR) is 92.1 cm³/mol. The molecule has 0 saturated carbocycles. The lowest BCUT2D eigenvalue weighted by atomic mass is 10.2. The van der Waals surface area contributed by atoms with Crippen LogP contribution in [0.1, 0.15) is 22.5 Å². The lowest BCUT2D eigenvalue weighted by molar-refractivity contribution is 0.0948. The van der Waals surface area contributed by atoms with Crippen LogP contribution in [-0.2, 0) is 13.7 Å². The molecular formula is C17H18ClFN2O4. The SMILES string of the molecule is Cn1c(CF)cc(C(=O)NCCCOc2ccccc2Cl)c(O)c1=O. The number of aromatic hydroxyl groups is 1. The maximum Gasteiger partial charge on any atom is 0.293 e. The zero-order chi connectivity index (χ0) is 18.4. The van der Waals surface area contributed by atoms with Crippen molar-refractivity contribution in [1.82, 2.24) is 9.88 Å². The van der Waals surface area contributed by atoms with E-state index in [1.807, 2.05) is 0 Å². The van der Waals surface area contributed by atoms with Crippen LogP contribution >= 0.6 is 11.6 Å². The maximum absolute atomic E-state index is 12.9. The van der Waals surface area contributed by atoms with Crippen LogP contribution in [0.25, 0.3) is 0 Å². The molecule has 1 amide bonds. The van der Waals surface area contributed by atoms with Gasteiger partial charge in [0.15, 0.2) is 5.75 Å². The van der Waals surface area contributed by atoms with E-state index in [1.54, 1.807) is 24.3 Å². The van der Waals surface area contributed by atoms with Gasteiger partial charge < -0.3 is 19.7 Å². The van der Waals surface area contributed by atoms with Crippen LogP contribution in [-0.4, -0.2) is 28.7 Å². The lowest BCUT2D eigenvalue weighted by Crippen LogP contribution is -2.29. The molecule has 134 valence electrons. The highest BCUT2D eigenvalue weighted by Crippen LogP contribution is 2.23. The Morgan fingerprint density at radius 1 is 1.40 bits per heavy atom. The summed E-state index contributed by atoms with van der Waals surface area (Å²) in [7, 11) is 1.32. The standard InChI is InChI=1S/C17H18ClFN2O4/c1-21-11(10-19)9-12(15(22)17(21)24)16(23)20-7-4-8-25-14-6-3-2-5-13(14)18/h2-3,5-6,9,22H,4,7-8,10H2,1H3,(H,20,23). The Morgan fingerprint density at radius 3 is 2.80 bits per heavy atom. The number of amides is 1. The van der Waals surface area contributed by atoms with Crippen molar-refractivity contribution >= 4 is 17.5 Å². The van der Waals surface area contributed by atoms with Crippen LogP contribution in [0.5, 0.6) is 11.5 Å². The highest BCUT2D eigenvalue weighted by atomic mass is 35.5. The van der Waals surface area contributed by atoms with Gasteiger partial charge in [-0.1, -0.05) is 23.7 Å². The molecule has 0 aliphatic rings.